The molecule has 0 amide bonds. The standard InChI is InChI=1S/C18H24N2O3/c1-12-9-16(20(21)22)17(23-13-5-6-13)10-14(12)15-7-8-19(4)11-18(15,2)3/h7,9-10,13H,5-6,8,11H2,1-4H3. The van der Waals surface area contributed by atoms with E-state index in [0.29, 0.717) is 5.75 Å². The molecular weight excluding hydrogens is 292 g/mol. The highest BCUT2D eigenvalue weighted by Crippen LogP contribution is 2.43. The average molecular weight is 316 g/mol. The fourth-order valence-corrected chi connectivity index (χ4v) is 3.39. The van der Waals surface area contributed by atoms with Crippen LogP contribution in [0.1, 0.15) is 37.8 Å². The van der Waals surface area contributed by atoms with Crippen molar-refractivity contribution in [1.29, 1.82) is 0 Å². The molecule has 5 nitrogen and oxygen atoms in total. The third-order valence-electron chi connectivity index (χ3n) is 4.61. The van der Waals surface area contributed by atoms with E-state index < -0.39 is 0 Å². The number of nitro groups is 1. The maximum Gasteiger partial charge on any atom is 0.311 e. The van der Waals surface area contributed by atoms with Crippen LogP contribution in [0.15, 0.2) is 18.2 Å². The molecule has 1 aliphatic carbocycles. The molecule has 0 N–H and O–H groups in total. The maximum absolute atomic E-state index is 11.3. The van der Waals surface area contributed by atoms with E-state index in [4.69, 9.17) is 4.74 Å². The first-order chi connectivity index (χ1) is 10.8. The molecule has 0 aromatic heterocycles. The van der Waals surface area contributed by atoms with E-state index in [1.807, 2.05) is 13.0 Å². The third-order valence-corrected chi connectivity index (χ3v) is 4.61. The molecule has 0 bridgehead atoms. The molecule has 1 heterocycles. The molecule has 1 saturated carbocycles. The summed E-state index contributed by atoms with van der Waals surface area (Å²) in [5.41, 5.74) is 3.34. The van der Waals surface area contributed by atoms with Crippen LogP contribution >= 0.6 is 0 Å². The Balaban J connectivity index is 2.06. The molecule has 124 valence electrons. The van der Waals surface area contributed by atoms with Crippen LogP contribution in [0, 0.1) is 22.5 Å². The van der Waals surface area contributed by atoms with Crippen molar-refractivity contribution < 1.29 is 9.66 Å². The predicted octanol–water partition coefficient (Wildman–Crippen LogP) is 3.80. The van der Waals surface area contributed by atoms with E-state index >= 15 is 0 Å². The summed E-state index contributed by atoms with van der Waals surface area (Å²) in [4.78, 5) is 13.3. The first-order valence-corrected chi connectivity index (χ1v) is 8.13. The average Bonchev–Trinajstić information content (AvgIpc) is 3.23. The minimum Gasteiger partial charge on any atom is -0.483 e. The monoisotopic (exact) mass is 316 g/mol. The summed E-state index contributed by atoms with van der Waals surface area (Å²) in [6, 6.07) is 3.53. The van der Waals surface area contributed by atoms with Crippen molar-refractivity contribution in [3.8, 4) is 5.75 Å². The largest absolute Gasteiger partial charge is 0.483 e. The summed E-state index contributed by atoms with van der Waals surface area (Å²) >= 11 is 0. The second-order valence-corrected chi connectivity index (χ2v) is 7.41. The van der Waals surface area contributed by atoms with Crippen LogP contribution in [-0.4, -0.2) is 36.1 Å². The summed E-state index contributed by atoms with van der Waals surface area (Å²) in [7, 11) is 2.11. The van der Waals surface area contributed by atoms with Crippen LogP contribution in [0.3, 0.4) is 0 Å². The topological polar surface area (TPSA) is 55.6 Å². The number of benzene rings is 1. The molecule has 0 radical (unpaired) electrons. The number of nitrogens with zero attached hydrogens (tertiary/aromatic N) is 2. The molecule has 0 saturated heterocycles. The smallest absolute Gasteiger partial charge is 0.311 e. The highest BCUT2D eigenvalue weighted by Gasteiger charge is 2.33. The lowest BCUT2D eigenvalue weighted by molar-refractivity contribution is -0.386. The number of hydrogen-bond donors (Lipinski definition) is 0. The minimum atomic E-state index is -0.345. The van der Waals surface area contributed by atoms with Crippen molar-refractivity contribution in [3.05, 3.63) is 39.4 Å². The van der Waals surface area contributed by atoms with Crippen molar-refractivity contribution in [2.45, 2.75) is 39.7 Å². The SMILES string of the molecule is Cc1cc([N+](=O)[O-])c(OC2CC2)cc1C1=CCN(C)CC1(C)C. The van der Waals surface area contributed by atoms with Crippen molar-refractivity contribution in [2.24, 2.45) is 5.41 Å². The van der Waals surface area contributed by atoms with Gasteiger partial charge in [-0.2, -0.15) is 0 Å². The Morgan fingerprint density at radius 1 is 1.35 bits per heavy atom. The first kappa shape index (κ1) is 16.0. The summed E-state index contributed by atoms with van der Waals surface area (Å²) in [6.07, 6.45) is 4.35. The van der Waals surface area contributed by atoms with Gasteiger partial charge in [0, 0.05) is 24.6 Å². The van der Waals surface area contributed by atoms with Gasteiger partial charge in [-0.05, 0) is 49.6 Å². The van der Waals surface area contributed by atoms with Crippen molar-refractivity contribution in [2.75, 3.05) is 20.1 Å². The van der Waals surface area contributed by atoms with E-state index in [1.54, 1.807) is 6.07 Å². The highest BCUT2D eigenvalue weighted by molar-refractivity contribution is 5.76. The van der Waals surface area contributed by atoms with Crippen LogP contribution in [0.25, 0.3) is 5.57 Å². The predicted molar refractivity (Wildman–Crippen MR) is 90.7 cm³/mol. The zero-order valence-electron chi connectivity index (χ0n) is 14.3. The lowest BCUT2D eigenvalue weighted by atomic mass is 9.76. The van der Waals surface area contributed by atoms with E-state index in [0.717, 1.165) is 37.1 Å². The second-order valence-electron chi connectivity index (χ2n) is 7.41. The van der Waals surface area contributed by atoms with Gasteiger partial charge in [-0.3, -0.25) is 10.1 Å². The van der Waals surface area contributed by atoms with Crippen molar-refractivity contribution in [1.82, 2.24) is 4.90 Å². The fourth-order valence-electron chi connectivity index (χ4n) is 3.39. The van der Waals surface area contributed by atoms with Gasteiger partial charge in [0.1, 0.15) is 0 Å². The maximum atomic E-state index is 11.3. The highest BCUT2D eigenvalue weighted by atomic mass is 16.6. The Bertz CT molecular complexity index is 675. The molecule has 1 aromatic rings. The summed E-state index contributed by atoms with van der Waals surface area (Å²) in [6.45, 7) is 8.24. The first-order valence-electron chi connectivity index (χ1n) is 8.13. The molecule has 5 heteroatoms. The summed E-state index contributed by atoms with van der Waals surface area (Å²) in [5, 5.41) is 11.3. The number of hydrogen-bond acceptors (Lipinski definition) is 4. The van der Waals surface area contributed by atoms with Crippen LogP contribution in [-0.2, 0) is 0 Å². The van der Waals surface area contributed by atoms with Gasteiger partial charge in [0.15, 0.2) is 5.75 Å². The normalized spacial score (nSPS) is 21.0. The van der Waals surface area contributed by atoms with Gasteiger partial charge >= 0.3 is 5.69 Å². The molecule has 23 heavy (non-hydrogen) atoms. The zero-order valence-corrected chi connectivity index (χ0v) is 14.3. The van der Waals surface area contributed by atoms with Gasteiger partial charge in [-0.25, -0.2) is 0 Å². The molecule has 1 aromatic carbocycles. The Morgan fingerprint density at radius 2 is 2.04 bits per heavy atom. The van der Waals surface area contributed by atoms with Crippen LogP contribution in [0.4, 0.5) is 5.69 Å². The second kappa shape index (κ2) is 5.64. The van der Waals surface area contributed by atoms with Crippen LogP contribution in [0.2, 0.25) is 0 Å². The molecule has 3 rings (SSSR count). The number of rotatable bonds is 4. The summed E-state index contributed by atoms with van der Waals surface area (Å²) < 4.78 is 5.81. The molecule has 1 aliphatic heterocycles. The number of ether oxygens (including phenoxy) is 1. The van der Waals surface area contributed by atoms with Crippen molar-refractivity contribution in [3.63, 3.8) is 0 Å². The number of aryl methyl sites for hydroxylation is 1. The van der Waals surface area contributed by atoms with E-state index in [1.165, 1.54) is 5.57 Å². The lowest BCUT2D eigenvalue weighted by Gasteiger charge is -2.37. The molecule has 0 spiro atoms. The van der Waals surface area contributed by atoms with Gasteiger partial charge in [0.25, 0.3) is 0 Å². The van der Waals surface area contributed by atoms with E-state index in [9.17, 15) is 10.1 Å². The number of likely N-dealkylation sites (N-methyl/N-ethyl adjacent to an activating group) is 1. The third kappa shape index (κ3) is 3.24. The van der Waals surface area contributed by atoms with Gasteiger partial charge in [-0.15, -0.1) is 0 Å². The molecule has 2 aliphatic rings. The van der Waals surface area contributed by atoms with Crippen molar-refractivity contribution >= 4 is 11.3 Å². The fraction of sp³-hybridized carbons (Fsp3) is 0.556. The quantitative estimate of drug-likeness (QED) is 0.626. The van der Waals surface area contributed by atoms with Crippen LogP contribution in [0.5, 0.6) is 5.75 Å². The molecule has 0 atom stereocenters. The zero-order chi connectivity index (χ0) is 16.8. The molecular formula is C18H24N2O3. The van der Waals surface area contributed by atoms with Gasteiger partial charge in [0.05, 0.1) is 11.0 Å². The van der Waals surface area contributed by atoms with Crippen LogP contribution < -0.4 is 4.74 Å². The summed E-state index contributed by atoms with van der Waals surface area (Å²) in [5.74, 6) is 0.411. The van der Waals surface area contributed by atoms with E-state index in [-0.39, 0.29) is 22.1 Å². The minimum absolute atomic E-state index is 0.00471. The number of nitro benzene ring substituents is 1. The van der Waals surface area contributed by atoms with Gasteiger partial charge < -0.3 is 9.64 Å². The lowest BCUT2D eigenvalue weighted by Crippen LogP contribution is -2.36. The Labute approximate surface area is 137 Å². The molecule has 0 unspecified atom stereocenters. The Kier molecular flexibility index (Phi) is 3.92. The van der Waals surface area contributed by atoms with Gasteiger partial charge in [-0.1, -0.05) is 19.9 Å². The Hall–Kier alpha value is -1.88. The van der Waals surface area contributed by atoms with E-state index in [2.05, 4.69) is 31.9 Å². The van der Waals surface area contributed by atoms with Gasteiger partial charge in [0.2, 0.25) is 0 Å². The Morgan fingerprint density at radius 3 is 2.61 bits per heavy atom. The molecule has 1 fully saturated rings.